The highest BCUT2D eigenvalue weighted by atomic mass is 32.2. The van der Waals surface area contributed by atoms with Crippen molar-refractivity contribution < 1.29 is 27.8 Å². The van der Waals surface area contributed by atoms with Crippen LogP contribution in [0.25, 0.3) is 0 Å². The molecule has 2 aromatic rings. The Labute approximate surface area is 190 Å². The molecule has 0 aliphatic rings. The van der Waals surface area contributed by atoms with Crippen LogP contribution in [0, 0.1) is 5.92 Å². The summed E-state index contributed by atoms with van der Waals surface area (Å²) < 4.78 is 39.1. The molecule has 174 valence electrons. The summed E-state index contributed by atoms with van der Waals surface area (Å²) in [7, 11) is -0.840. The Morgan fingerprint density at radius 3 is 1.78 bits per heavy atom. The van der Waals surface area contributed by atoms with Crippen LogP contribution >= 0.6 is 0 Å². The summed E-state index contributed by atoms with van der Waals surface area (Å²) in [5.41, 5.74) is 1.54. The molecule has 0 saturated carbocycles. The molecule has 0 aliphatic heterocycles. The topological polar surface area (TPSA) is 93.1 Å². The van der Waals surface area contributed by atoms with Gasteiger partial charge >= 0.3 is 5.97 Å². The molecular formula is C24H31NO6S. The first-order chi connectivity index (χ1) is 15.2. The summed E-state index contributed by atoms with van der Waals surface area (Å²) in [6, 6.07) is 14.3. The molecule has 0 bridgehead atoms. The Hall–Kier alpha value is -2.84. The van der Waals surface area contributed by atoms with E-state index in [2.05, 4.69) is 6.58 Å². The van der Waals surface area contributed by atoms with Crippen LogP contribution in [0.2, 0.25) is 0 Å². The molecule has 1 N–H and O–H groups in total. The van der Waals surface area contributed by atoms with Crippen LogP contribution in [0.1, 0.15) is 30.9 Å². The van der Waals surface area contributed by atoms with Gasteiger partial charge in [0.2, 0.25) is 10.0 Å². The maximum absolute atomic E-state index is 13.7. The molecule has 0 saturated heterocycles. The van der Waals surface area contributed by atoms with Crippen LogP contribution < -0.4 is 9.47 Å². The Morgan fingerprint density at radius 1 is 1.00 bits per heavy atom. The van der Waals surface area contributed by atoms with Gasteiger partial charge in [0.25, 0.3) is 0 Å². The highest BCUT2D eigenvalue weighted by Crippen LogP contribution is 2.27. The monoisotopic (exact) mass is 461 g/mol. The Kier molecular flexibility index (Phi) is 9.28. The Balaban J connectivity index is 2.43. The zero-order valence-corrected chi connectivity index (χ0v) is 19.5. The average molecular weight is 462 g/mol. The van der Waals surface area contributed by atoms with E-state index in [1.54, 1.807) is 75.8 Å². The van der Waals surface area contributed by atoms with Crippen molar-refractivity contribution in [3.05, 3.63) is 72.3 Å². The second kappa shape index (κ2) is 11.7. The molecule has 0 spiro atoms. The number of carboxylic acid groups (broad SMARTS) is 1. The van der Waals surface area contributed by atoms with Gasteiger partial charge in [-0.25, -0.2) is 8.42 Å². The summed E-state index contributed by atoms with van der Waals surface area (Å²) >= 11 is 0. The van der Waals surface area contributed by atoms with Gasteiger partial charge in [-0.1, -0.05) is 37.3 Å². The lowest BCUT2D eigenvalue weighted by Gasteiger charge is -2.30. The lowest BCUT2D eigenvalue weighted by molar-refractivity contribution is -0.137. The van der Waals surface area contributed by atoms with E-state index in [1.807, 2.05) is 0 Å². The van der Waals surface area contributed by atoms with Gasteiger partial charge in [-0.15, -0.1) is 6.58 Å². The number of hydrogen-bond acceptors (Lipinski definition) is 5. The van der Waals surface area contributed by atoms with Gasteiger partial charge in [-0.3, -0.25) is 4.79 Å². The number of nitrogens with zero attached hydrogens (tertiary/aromatic N) is 1. The third-order valence-electron chi connectivity index (χ3n) is 5.33. The Morgan fingerprint density at radius 2 is 1.44 bits per heavy atom. The third-order valence-corrected chi connectivity index (χ3v) is 7.70. The van der Waals surface area contributed by atoms with Crippen molar-refractivity contribution in [2.75, 3.05) is 14.2 Å². The van der Waals surface area contributed by atoms with Gasteiger partial charge in [-0.05, 0) is 47.7 Å². The summed E-state index contributed by atoms with van der Waals surface area (Å²) in [6.07, 6.45) is 1.54. The van der Waals surface area contributed by atoms with E-state index in [-0.39, 0.29) is 13.1 Å². The first kappa shape index (κ1) is 25.4. The molecule has 0 fully saturated rings. The minimum absolute atomic E-state index is 0.106. The van der Waals surface area contributed by atoms with Crippen molar-refractivity contribution >= 4 is 16.0 Å². The fraction of sp³-hybridized carbons (Fsp3) is 0.375. The normalized spacial score (nSPS) is 13.4. The number of sulfonamides is 1. The second-order valence-electron chi connectivity index (χ2n) is 7.65. The predicted molar refractivity (Wildman–Crippen MR) is 124 cm³/mol. The highest BCUT2D eigenvalue weighted by molar-refractivity contribution is 7.89. The molecule has 32 heavy (non-hydrogen) atoms. The molecule has 2 aromatic carbocycles. The third kappa shape index (κ3) is 6.83. The number of rotatable bonds is 13. The molecule has 0 aromatic heterocycles. The highest BCUT2D eigenvalue weighted by Gasteiger charge is 2.37. The van der Waals surface area contributed by atoms with Gasteiger partial charge in [0.15, 0.2) is 0 Å². The number of methoxy groups -OCH3 is 2. The first-order valence-electron chi connectivity index (χ1n) is 10.3. The van der Waals surface area contributed by atoms with Crippen LogP contribution in [-0.4, -0.2) is 43.3 Å². The number of allylic oxidation sites excluding steroid dienone is 1. The smallest absolute Gasteiger partial charge is 0.304 e. The minimum Gasteiger partial charge on any atom is -0.497 e. The summed E-state index contributed by atoms with van der Waals surface area (Å²) in [5, 5.41) is 8.33. The second-order valence-corrected chi connectivity index (χ2v) is 9.80. The van der Waals surface area contributed by atoms with Gasteiger partial charge in [0.1, 0.15) is 11.5 Å². The standard InChI is InChI=1S/C24H31NO6S/c1-5-6-18(2)23(15-24(26)27)32(28,29)25(16-19-7-11-21(30-3)12-8-19)17-20-9-13-22(31-4)14-10-20/h5,7-14,18,23H,1,6,15-17H2,2-4H3,(H,26,27)/t18-,23-/m1/s1. The molecule has 0 heterocycles. The lowest BCUT2D eigenvalue weighted by Crippen LogP contribution is -2.42. The minimum atomic E-state index is -3.97. The van der Waals surface area contributed by atoms with E-state index in [0.717, 1.165) is 11.1 Å². The molecular weight excluding hydrogens is 430 g/mol. The molecule has 0 amide bonds. The molecule has 2 atom stereocenters. The zero-order chi connectivity index (χ0) is 23.7. The lowest BCUT2D eigenvalue weighted by atomic mass is 10.0. The molecule has 8 heteroatoms. The maximum atomic E-state index is 13.7. The van der Waals surface area contributed by atoms with E-state index < -0.39 is 33.6 Å². The van der Waals surface area contributed by atoms with Crippen LogP contribution in [0.15, 0.2) is 61.2 Å². The van der Waals surface area contributed by atoms with Crippen molar-refractivity contribution in [2.45, 2.75) is 38.1 Å². The number of carbonyl (C=O) groups is 1. The first-order valence-corrected chi connectivity index (χ1v) is 11.8. The average Bonchev–Trinajstić information content (AvgIpc) is 2.78. The molecule has 0 unspecified atom stereocenters. The van der Waals surface area contributed by atoms with Crippen LogP contribution in [0.4, 0.5) is 0 Å². The Bertz CT molecular complexity index is 937. The van der Waals surface area contributed by atoms with Crippen molar-refractivity contribution in [3.63, 3.8) is 0 Å². The number of ether oxygens (including phenoxy) is 2. The van der Waals surface area contributed by atoms with Crippen LogP contribution in [0.5, 0.6) is 11.5 Å². The predicted octanol–water partition coefficient (Wildman–Crippen LogP) is 4.09. The van der Waals surface area contributed by atoms with E-state index in [9.17, 15) is 18.3 Å². The number of carboxylic acids is 1. The number of aliphatic carboxylic acids is 1. The van der Waals surface area contributed by atoms with Crippen LogP contribution in [-0.2, 0) is 27.9 Å². The van der Waals surface area contributed by atoms with E-state index in [1.165, 1.54) is 4.31 Å². The van der Waals surface area contributed by atoms with Crippen LogP contribution in [0.3, 0.4) is 0 Å². The molecule has 7 nitrogen and oxygen atoms in total. The summed E-state index contributed by atoms with van der Waals surface area (Å²) in [6.45, 7) is 5.63. The quantitative estimate of drug-likeness (QED) is 0.452. The summed E-state index contributed by atoms with van der Waals surface area (Å²) in [4.78, 5) is 11.5. The summed E-state index contributed by atoms with van der Waals surface area (Å²) in [5.74, 6) is -0.213. The van der Waals surface area contributed by atoms with E-state index >= 15 is 0 Å². The SMILES string of the molecule is C=CC[C@@H](C)[C@@H](CC(=O)O)S(=O)(=O)N(Cc1ccc(OC)cc1)Cc1ccc(OC)cc1. The van der Waals surface area contributed by atoms with Gasteiger partial charge in [0, 0.05) is 13.1 Å². The van der Waals surface area contributed by atoms with E-state index in [4.69, 9.17) is 9.47 Å². The molecule has 2 rings (SSSR count). The number of benzene rings is 2. The van der Waals surface area contributed by atoms with Gasteiger partial charge in [-0.2, -0.15) is 4.31 Å². The van der Waals surface area contributed by atoms with Crippen molar-refractivity contribution in [2.24, 2.45) is 5.92 Å². The van der Waals surface area contributed by atoms with E-state index in [0.29, 0.717) is 17.9 Å². The largest absolute Gasteiger partial charge is 0.497 e. The van der Waals surface area contributed by atoms with Crippen molar-refractivity contribution in [1.29, 1.82) is 0 Å². The molecule has 0 aliphatic carbocycles. The fourth-order valence-electron chi connectivity index (χ4n) is 3.48. The molecule has 0 radical (unpaired) electrons. The van der Waals surface area contributed by atoms with Crippen molar-refractivity contribution in [3.8, 4) is 11.5 Å². The van der Waals surface area contributed by atoms with Gasteiger partial charge in [0.05, 0.1) is 25.9 Å². The fourth-order valence-corrected chi connectivity index (χ4v) is 5.58. The number of hydrogen-bond donors (Lipinski definition) is 1. The maximum Gasteiger partial charge on any atom is 0.304 e. The van der Waals surface area contributed by atoms with Gasteiger partial charge < -0.3 is 14.6 Å². The van der Waals surface area contributed by atoms with Crippen molar-refractivity contribution in [1.82, 2.24) is 4.31 Å². The zero-order valence-electron chi connectivity index (χ0n) is 18.7.